The number of ether oxygens (including phenoxy) is 2. The molecule has 0 saturated carbocycles. The Morgan fingerprint density at radius 1 is 0.920 bits per heavy atom. The fraction of sp³-hybridized carbons (Fsp3) is 0.375. The summed E-state index contributed by atoms with van der Waals surface area (Å²) in [4.78, 5) is 0. The van der Waals surface area contributed by atoms with Crippen LogP contribution in [0.1, 0.15) is 0 Å². The standard InChI is InChI=1S/C16H16Br2O7/c17-8-1-6-3-10(20)11(4-7(6)2-9(8)18)24-16-15(23)14(22)13(21)12(5-19)25-16/h1-4,12-16,19-23H,5H2. The Morgan fingerprint density at radius 2 is 1.52 bits per heavy atom. The van der Waals surface area contributed by atoms with Crippen LogP contribution >= 0.6 is 31.9 Å². The van der Waals surface area contributed by atoms with Gasteiger partial charge in [0.05, 0.1) is 6.61 Å². The summed E-state index contributed by atoms with van der Waals surface area (Å²) in [6.45, 7) is -0.560. The van der Waals surface area contributed by atoms with Crippen molar-refractivity contribution in [2.24, 2.45) is 0 Å². The van der Waals surface area contributed by atoms with Gasteiger partial charge in [-0.1, -0.05) is 0 Å². The number of fused-ring (bicyclic) bond motifs is 1. The van der Waals surface area contributed by atoms with Crippen molar-refractivity contribution < 1.29 is 35.0 Å². The van der Waals surface area contributed by atoms with Crippen LogP contribution in [0.25, 0.3) is 10.8 Å². The zero-order valence-corrected chi connectivity index (χ0v) is 15.9. The summed E-state index contributed by atoms with van der Waals surface area (Å²) in [5.74, 6) is -0.148. The Balaban J connectivity index is 1.91. The summed E-state index contributed by atoms with van der Waals surface area (Å²) in [6.07, 6.45) is -7.03. The van der Waals surface area contributed by atoms with Gasteiger partial charge in [0.1, 0.15) is 24.4 Å². The molecule has 7 nitrogen and oxygen atoms in total. The molecule has 1 aliphatic rings. The maximum absolute atomic E-state index is 10.2. The highest BCUT2D eigenvalue weighted by Gasteiger charge is 2.44. The van der Waals surface area contributed by atoms with Crippen LogP contribution in [-0.4, -0.2) is 62.8 Å². The number of hydrogen-bond acceptors (Lipinski definition) is 7. The molecule has 136 valence electrons. The lowest BCUT2D eigenvalue weighted by molar-refractivity contribution is -0.277. The van der Waals surface area contributed by atoms with Crippen molar-refractivity contribution in [3.05, 3.63) is 33.2 Å². The molecule has 5 atom stereocenters. The first-order valence-corrected chi connectivity index (χ1v) is 8.99. The molecular formula is C16H16Br2O7. The van der Waals surface area contributed by atoms with Gasteiger partial charge in [0.15, 0.2) is 11.5 Å². The molecule has 0 aliphatic carbocycles. The highest BCUT2D eigenvalue weighted by atomic mass is 79.9. The van der Waals surface area contributed by atoms with E-state index < -0.39 is 37.3 Å². The predicted octanol–water partition coefficient (Wildman–Crippen LogP) is 1.25. The van der Waals surface area contributed by atoms with Crippen LogP contribution in [0.5, 0.6) is 11.5 Å². The number of aliphatic hydroxyl groups excluding tert-OH is 4. The van der Waals surface area contributed by atoms with Crippen molar-refractivity contribution in [3.8, 4) is 11.5 Å². The number of rotatable bonds is 3. The topological polar surface area (TPSA) is 120 Å². The molecule has 1 saturated heterocycles. The van der Waals surface area contributed by atoms with E-state index in [2.05, 4.69) is 31.9 Å². The maximum Gasteiger partial charge on any atom is 0.229 e. The van der Waals surface area contributed by atoms with Crippen molar-refractivity contribution in [2.75, 3.05) is 6.61 Å². The second-order valence-electron chi connectivity index (χ2n) is 5.75. The minimum Gasteiger partial charge on any atom is -0.504 e. The third-order valence-corrected chi connectivity index (χ3v) is 5.89. The van der Waals surface area contributed by atoms with Crippen molar-refractivity contribution in [2.45, 2.75) is 30.7 Å². The van der Waals surface area contributed by atoms with Gasteiger partial charge in [0.2, 0.25) is 6.29 Å². The molecule has 9 heteroatoms. The Bertz CT molecular complexity index is 783. The van der Waals surface area contributed by atoms with E-state index in [0.29, 0.717) is 0 Å². The first-order chi connectivity index (χ1) is 11.8. The van der Waals surface area contributed by atoms with Crippen molar-refractivity contribution in [3.63, 3.8) is 0 Å². The molecule has 0 radical (unpaired) electrons. The summed E-state index contributed by atoms with van der Waals surface area (Å²) in [5.41, 5.74) is 0. The second-order valence-corrected chi connectivity index (χ2v) is 7.46. The van der Waals surface area contributed by atoms with Gasteiger partial charge in [-0.15, -0.1) is 0 Å². The molecule has 1 fully saturated rings. The molecule has 3 rings (SSSR count). The lowest BCUT2D eigenvalue weighted by atomic mass is 9.99. The van der Waals surface area contributed by atoms with E-state index in [0.717, 1.165) is 19.7 Å². The zero-order valence-electron chi connectivity index (χ0n) is 12.7. The van der Waals surface area contributed by atoms with Gasteiger partial charge in [-0.25, -0.2) is 0 Å². The number of halogens is 2. The van der Waals surface area contributed by atoms with Gasteiger partial charge in [-0.3, -0.25) is 0 Å². The van der Waals surface area contributed by atoms with Crippen LogP contribution in [0.2, 0.25) is 0 Å². The first-order valence-electron chi connectivity index (χ1n) is 7.40. The van der Waals surface area contributed by atoms with Gasteiger partial charge < -0.3 is 35.0 Å². The van der Waals surface area contributed by atoms with Crippen LogP contribution in [0, 0.1) is 0 Å². The van der Waals surface area contributed by atoms with Gasteiger partial charge in [0.25, 0.3) is 0 Å². The highest BCUT2D eigenvalue weighted by Crippen LogP contribution is 2.37. The number of phenolic OH excluding ortho intramolecular Hbond substituents is 1. The molecule has 2 aromatic carbocycles. The van der Waals surface area contributed by atoms with Crippen molar-refractivity contribution in [1.29, 1.82) is 0 Å². The van der Waals surface area contributed by atoms with Crippen molar-refractivity contribution >= 4 is 42.6 Å². The fourth-order valence-electron chi connectivity index (χ4n) is 2.65. The lowest BCUT2D eigenvalue weighted by Gasteiger charge is -2.39. The average molecular weight is 480 g/mol. The Morgan fingerprint density at radius 3 is 2.12 bits per heavy atom. The van der Waals surface area contributed by atoms with Gasteiger partial charge in [0, 0.05) is 8.95 Å². The molecule has 25 heavy (non-hydrogen) atoms. The van der Waals surface area contributed by atoms with Crippen LogP contribution in [0.4, 0.5) is 0 Å². The third kappa shape index (κ3) is 3.63. The fourth-order valence-corrected chi connectivity index (χ4v) is 3.37. The van der Waals surface area contributed by atoms with Crippen LogP contribution in [0.3, 0.4) is 0 Å². The smallest absolute Gasteiger partial charge is 0.229 e. The van der Waals surface area contributed by atoms with E-state index in [1.54, 1.807) is 6.07 Å². The normalized spacial score (nSPS) is 29.8. The monoisotopic (exact) mass is 478 g/mol. The molecule has 0 spiro atoms. The minimum atomic E-state index is -1.55. The van der Waals surface area contributed by atoms with Crippen LogP contribution < -0.4 is 4.74 Å². The molecule has 0 amide bonds. The van der Waals surface area contributed by atoms with Gasteiger partial charge in [-0.2, -0.15) is 0 Å². The Kier molecular flexibility index (Phi) is 5.54. The number of phenols is 1. The van der Waals surface area contributed by atoms with E-state index in [9.17, 15) is 25.5 Å². The Hall–Kier alpha value is -0.940. The summed E-state index contributed by atoms with van der Waals surface area (Å²) in [5, 5.41) is 50.5. The maximum atomic E-state index is 10.2. The largest absolute Gasteiger partial charge is 0.504 e. The summed E-state index contributed by atoms with van der Waals surface area (Å²) >= 11 is 6.78. The van der Waals surface area contributed by atoms with Crippen LogP contribution in [-0.2, 0) is 4.74 Å². The first kappa shape index (κ1) is 18.8. The molecule has 5 unspecified atom stereocenters. The predicted molar refractivity (Wildman–Crippen MR) is 95.4 cm³/mol. The molecule has 2 aromatic rings. The zero-order chi connectivity index (χ0) is 18.3. The number of benzene rings is 2. The third-order valence-electron chi connectivity index (χ3n) is 4.05. The second kappa shape index (κ2) is 7.36. The molecular weight excluding hydrogens is 464 g/mol. The molecule has 5 N–H and O–H groups in total. The molecule has 1 heterocycles. The summed E-state index contributed by atoms with van der Waals surface area (Å²) < 4.78 is 12.4. The number of aliphatic hydroxyl groups is 4. The van der Waals surface area contributed by atoms with Crippen LogP contribution in [0.15, 0.2) is 33.2 Å². The van der Waals surface area contributed by atoms with Gasteiger partial charge >= 0.3 is 0 Å². The molecule has 0 bridgehead atoms. The Labute approximate surface area is 159 Å². The summed E-state index contributed by atoms with van der Waals surface area (Å²) in [7, 11) is 0. The van der Waals surface area contributed by atoms with E-state index in [1.807, 2.05) is 12.1 Å². The lowest BCUT2D eigenvalue weighted by Crippen LogP contribution is -2.60. The van der Waals surface area contributed by atoms with E-state index in [-0.39, 0.29) is 11.5 Å². The quantitative estimate of drug-likeness (QED) is 0.449. The highest BCUT2D eigenvalue weighted by molar-refractivity contribution is 9.13. The van der Waals surface area contributed by atoms with Crippen molar-refractivity contribution in [1.82, 2.24) is 0 Å². The van der Waals surface area contributed by atoms with E-state index in [1.165, 1.54) is 6.07 Å². The van der Waals surface area contributed by atoms with Gasteiger partial charge in [-0.05, 0) is 66.9 Å². The minimum absolute atomic E-state index is 0.0334. The van der Waals surface area contributed by atoms with E-state index >= 15 is 0 Å². The number of hydrogen-bond donors (Lipinski definition) is 5. The molecule has 1 aliphatic heterocycles. The summed E-state index contributed by atoms with van der Waals surface area (Å²) in [6, 6.07) is 6.69. The SMILES string of the molecule is OCC1OC(Oc2cc3cc(Br)c(Br)cc3cc2O)C(O)C(O)C1O. The number of aromatic hydroxyl groups is 1. The van der Waals surface area contributed by atoms with E-state index in [4.69, 9.17) is 9.47 Å². The molecule has 0 aromatic heterocycles. The average Bonchev–Trinajstić information content (AvgIpc) is 2.57.